The molecule has 0 bridgehead atoms. The number of aryl methyl sites for hydroxylation is 1. The molecule has 0 atom stereocenters. The third-order valence-corrected chi connectivity index (χ3v) is 3.83. The maximum absolute atomic E-state index is 9.48. The first kappa shape index (κ1) is 14.4. The molecule has 0 aliphatic carbocycles. The number of aromatic nitrogens is 1. The number of fused-ring (bicyclic) bond motifs is 1. The van der Waals surface area contributed by atoms with E-state index in [4.69, 9.17) is 11.6 Å². The molecule has 104 valence electrons. The molecule has 0 fully saturated rings. The molecule has 19 heavy (non-hydrogen) atoms. The number of aliphatic hydroxyl groups is 1. The Labute approximate surface area is 120 Å². The predicted molar refractivity (Wildman–Crippen MR) is 81.6 cm³/mol. The monoisotopic (exact) mass is 279 g/mol. The van der Waals surface area contributed by atoms with Crippen molar-refractivity contribution < 1.29 is 5.11 Å². The van der Waals surface area contributed by atoms with Crippen molar-refractivity contribution in [2.45, 2.75) is 52.2 Å². The minimum atomic E-state index is 0.0846. The second kappa shape index (κ2) is 6.97. The van der Waals surface area contributed by atoms with Gasteiger partial charge in [0.2, 0.25) is 0 Å². The SMILES string of the molecule is CCCCCCCn1c(CO)cc2cc(Cl)ccc21. The Bertz CT molecular complexity index is 533. The van der Waals surface area contributed by atoms with E-state index in [0.29, 0.717) is 0 Å². The number of rotatable bonds is 7. The van der Waals surface area contributed by atoms with E-state index in [9.17, 15) is 5.11 Å². The van der Waals surface area contributed by atoms with Crippen molar-refractivity contribution in [2.75, 3.05) is 0 Å². The molecule has 3 heteroatoms. The van der Waals surface area contributed by atoms with Crippen LogP contribution in [0.5, 0.6) is 0 Å². The zero-order valence-electron chi connectivity index (χ0n) is 11.5. The van der Waals surface area contributed by atoms with Crippen LogP contribution in [0.1, 0.15) is 44.7 Å². The lowest BCUT2D eigenvalue weighted by molar-refractivity contribution is 0.271. The molecule has 1 heterocycles. The minimum absolute atomic E-state index is 0.0846. The molecule has 1 aromatic heterocycles. The van der Waals surface area contributed by atoms with Crippen molar-refractivity contribution in [1.82, 2.24) is 4.57 Å². The number of unbranched alkanes of at least 4 members (excludes halogenated alkanes) is 4. The van der Waals surface area contributed by atoms with E-state index in [0.717, 1.165) is 22.6 Å². The lowest BCUT2D eigenvalue weighted by Crippen LogP contribution is -2.03. The van der Waals surface area contributed by atoms with Crippen LogP contribution in [-0.2, 0) is 13.2 Å². The molecule has 0 aliphatic rings. The van der Waals surface area contributed by atoms with Crippen molar-refractivity contribution >= 4 is 22.5 Å². The lowest BCUT2D eigenvalue weighted by Gasteiger charge is -2.09. The molecular formula is C16H22ClNO. The van der Waals surface area contributed by atoms with Gasteiger partial charge in [0.25, 0.3) is 0 Å². The Balaban J connectivity index is 2.11. The molecule has 0 spiro atoms. The van der Waals surface area contributed by atoms with Crippen LogP contribution in [-0.4, -0.2) is 9.67 Å². The standard InChI is InChI=1S/C16H22ClNO/c1-2-3-4-5-6-9-18-15(12-19)11-13-10-14(17)7-8-16(13)18/h7-8,10-11,19H,2-6,9,12H2,1H3. The van der Waals surface area contributed by atoms with E-state index in [1.165, 1.54) is 37.6 Å². The first-order valence-corrected chi connectivity index (χ1v) is 7.52. The van der Waals surface area contributed by atoms with Crippen LogP contribution in [0.2, 0.25) is 5.02 Å². The van der Waals surface area contributed by atoms with Crippen molar-refractivity contribution in [3.05, 3.63) is 35.0 Å². The summed E-state index contributed by atoms with van der Waals surface area (Å²) in [5.41, 5.74) is 2.15. The van der Waals surface area contributed by atoms with Crippen molar-refractivity contribution in [3.8, 4) is 0 Å². The van der Waals surface area contributed by atoms with Crippen LogP contribution in [0.4, 0.5) is 0 Å². The summed E-state index contributed by atoms with van der Waals surface area (Å²) >= 11 is 6.01. The predicted octanol–water partition coefficient (Wildman–Crippen LogP) is 4.76. The fourth-order valence-corrected chi connectivity index (χ4v) is 2.75. The van der Waals surface area contributed by atoms with Crippen LogP contribution in [0, 0.1) is 0 Å². The molecule has 2 aromatic rings. The van der Waals surface area contributed by atoms with Crippen molar-refractivity contribution in [2.24, 2.45) is 0 Å². The largest absolute Gasteiger partial charge is 0.390 e. The second-order valence-electron chi connectivity index (χ2n) is 5.06. The summed E-state index contributed by atoms with van der Waals surface area (Å²) in [6.07, 6.45) is 6.31. The second-order valence-corrected chi connectivity index (χ2v) is 5.50. The first-order valence-electron chi connectivity index (χ1n) is 7.14. The van der Waals surface area contributed by atoms with Gasteiger partial charge in [-0.3, -0.25) is 0 Å². The molecule has 0 saturated carbocycles. The fourth-order valence-electron chi connectivity index (χ4n) is 2.57. The van der Waals surface area contributed by atoms with Gasteiger partial charge in [-0.15, -0.1) is 0 Å². The molecular weight excluding hydrogens is 258 g/mol. The number of halogens is 1. The van der Waals surface area contributed by atoms with E-state index < -0.39 is 0 Å². The Morgan fingerprint density at radius 3 is 2.63 bits per heavy atom. The minimum Gasteiger partial charge on any atom is -0.390 e. The number of hydrogen-bond acceptors (Lipinski definition) is 1. The highest BCUT2D eigenvalue weighted by molar-refractivity contribution is 6.31. The van der Waals surface area contributed by atoms with E-state index >= 15 is 0 Å². The molecule has 0 saturated heterocycles. The molecule has 0 unspecified atom stereocenters. The van der Waals surface area contributed by atoms with Gasteiger partial charge in [-0.1, -0.05) is 44.2 Å². The summed E-state index contributed by atoms with van der Waals surface area (Å²) in [4.78, 5) is 0. The lowest BCUT2D eigenvalue weighted by atomic mass is 10.1. The van der Waals surface area contributed by atoms with Gasteiger partial charge in [0.05, 0.1) is 6.61 Å². The summed E-state index contributed by atoms with van der Waals surface area (Å²) in [6, 6.07) is 7.96. The summed E-state index contributed by atoms with van der Waals surface area (Å²) in [5.74, 6) is 0. The summed E-state index contributed by atoms with van der Waals surface area (Å²) < 4.78 is 2.22. The number of benzene rings is 1. The van der Waals surface area contributed by atoms with Crippen LogP contribution < -0.4 is 0 Å². The maximum Gasteiger partial charge on any atom is 0.0833 e. The van der Waals surface area contributed by atoms with Crippen molar-refractivity contribution in [1.29, 1.82) is 0 Å². The third kappa shape index (κ3) is 3.52. The van der Waals surface area contributed by atoms with E-state index in [-0.39, 0.29) is 6.61 Å². The summed E-state index contributed by atoms with van der Waals surface area (Å²) in [6.45, 7) is 3.29. The molecule has 2 rings (SSSR count). The maximum atomic E-state index is 9.48. The molecule has 1 aromatic carbocycles. The van der Waals surface area contributed by atoms with Gasteiger partial charge in [-0.2, -0.15) is 0 Å². The topological polar surface area (TPSA) is 25.2 Å². The van der Waals surface area contributed by atoms with Crippen molar-refractivity contribution in [3.63, 3.8) is 0 Å². The quantitative estimate of drug-likeness (QED) is 0.727. The van der Waals surface area contributed by atoms with E-state index in [2.05, 4.69) is 11.5 Å². The Kier molecular flexibility index (Phi) is 5.29. The average molecular weight is 280 g/mol. The van der Waals surface area contributed by atoms with E-state index in [1.54, 1.807) is 0 Å². The highest BCUT2D eigenvalue weighted by atomic mass is 35.5. The molecule has 2 nitrogen and oxygen atoms in total. The smallest absolute Gasteiger partial charge is 0.0833 e. The van der Waals surface area contributed by atoms with Gasteiger partial charge in [0, 0.05) is 28.2 Å². The third-order valence-electron chi connectivity index (χ3n) is 3.60. The summed E-state index contributed by atoms with van der Waals surface area (Å²) in [5, 5.41) is 11.3. The van der Waals surface area contributed by atoms with Gasteiger partial charge in [0.1, 0.15) is 0 Å². The van der Waals surface area contributed by atoms with Crippen LogP contribution in [0.25, 0.3) is 10.9 Å². The molecule has 0 aliphatic heterocycles. The van der Waals surface area contributed by atoms with Gasteiger partial charge in [0.15, 0.2) is 0 Å². The van der Waals surface area contributed by atoms with Gasteiger partial charge in [-0.05, 0) is 30.7 Å². The fraction of sp³-hybridized carbons (Fsp3) is 0.500. The average Bonchev–Trinajstić information content (AvgIpc) is 2.75. The first-order chi connectivity index (χ1) is 9.26. The Morgan fingerprint density at radius 2 is 1.89 bits per heavy atom. The summed E-state index contributed by atoms with van der Waals surface area (Å²) in [7, 11) is 0. The Morgan fingerprint density at radius 1 is 1.11 bits per heavy atom. The van der Waals surface area contributed by atoms with Crippen LogP contribution in [0.3, 0.4) is 0 Å². The number of hydrogen-bond donors (Lipinski definition) is 1. The van der Waals surface area contributed by atoms with Gasteiger partial charge >= 0.3 is 0 Å². The number of nitrogens with zero attached hydrogens (tertiary/aromatic N) is 1. The Hall–Kier alpha value is -0.990. The highest BCUT2D eigenvalue weighted by Crippen LogP contribution is 2.24. The van der Waals surface area contributed by atoms with E-state index in [1.807, 2.05) is 24.3 Å². The molecule has 0 amide bonds. The highest BCUT2D eigenvalue weighted by Gasteiger charge is 2.08. The van der Waals surface area contributed by atoms with Gasteiger partial charge in [-0.25, -0.2) is 0 Å². The zero-order valence-corrected chi connectivity index (χ0v) is 12.3. The normalized spacial score (nSPS) is 11.3. The zero-order chi connectivity index (χ0) is 13.7. The molecule has 0 radical (unpaired) electrons. The van der Waals surface area contributed by atoms with Crippen LogP contribution in [0.15, 0.2) is 24.3 Å². The number of aliphatic hydroxyl groups excluding tert-OH is 1. The van der Waals surface area contributed by atoms with Crippen LogP contribution >= 0.6 is 11.6 Å². The van der Waals surface area contributed by atoms with Gasteiger partial charge < -0.3 is 9.67 Å². The molecule has 1 N–H and O–H groups in total.